The standard InChI is InChI=1S/C20H23N7/c1-4-5-18-25-20(27-26-18)16-11-21-17-7-6-13(14-9-22-23-10-14)8-15(17)19(16)24-12(2)3/h6-12H,4-5H2,1-3H3,(H,21,24)(H,22,23)(H,25,26,27). The van der Waals surface area contributed by atoms with Gasteiger partial charge in [0.15, 0.2) is 5.82 Å². The van der Waals surface area contributed by atoms with E-state index in [1.165, 1.54) is 0 Å². The van der Waals surface area contributed by atoms with Gasteiger partial charge in [-0.25, -0.2) is 4.98 Å². The number of aromatic amines is 2. The number of nitrogens with zero attached hydrogens (tertiary/aromatic N) is 4. The van der Waals surface area contributed by atoms with Crippen LogP contribution < -0.4 is 5.32 Å². The molecule has 3 aromatic heterocycles. The summed E-state index contributed by atoms with van der Waals surface area (Å²) in [6, 6.07) is 6.50. The van der Waals surface area contributed by atoms with E-state index >= 15 is 0 Å². The molecule has 7 nitrogen and oxygen atoms in total. The molecule has 138 valence electrons. The number of nitrogens with one attached hydrogen (secondary N) is 3. The van der Waals surface area contributed by atoms with Crippen LogP contribution in [-0.4, -0.2) is 36.4 Å². The number of fused-ring (bicyclic) bond motifs is 1. The van der Waals surface area contributed by atoms with Gasteiger partial charge < -0.3 is 5.32 Å². The Kier molecular flexibility index (Phi) is 4.58. The number of pyridine rings is 1. The lowest BCUT2D eigenvalue weighted by Gasteiger charge is -2.16. The first kappa shape index (κ1) is 17.2. The highest BCUT2D eigenvalue weighted by Gasteiger charge is 2.16. The summed E-state index contributed by atoms with van der Waals surface area (Å²) < 4.78 is 0. The van der Waals surface area contributed by atoms with Gasteiger partial charge in [0.2, 0.25) is 0 Å². The zero-order chi connectivity index (χ0) is 18.8. The Bertz CT molecular complexity index is 1050. The molecule has 0 fully saturated rings. The molecule has 0 amide bonds. The Balaban J connectivity index is 1.89. The molecule has 0 saturated heterocycles. The Hall–Kier alpha value is -3.22. The molecule has 0 aliphatic rings. The van der Waals surface area contributed by atoms with Crippen LogP contribution in [0.15, 0.2) is 36.8 Å². The quantitative estimate of drug-likeness (QED) is 0.479. The van der Waals surface area contributed by atoms with E-state index in [1.807, 2.05) is 24.7 Å². The summed E-state index contributed by atoms with van der Waals surface area (Å²) in [6.07, 6.45) is 7.46. The number of H-pyrrole nitrogens is 2. The monoisotopic (exact) mass is 361 g/mol. The van der Waals surface area contributed by atoms with Gasteiger partial charge in [0, 0.05) is 35.8 Å². The molecule has 0 unspecified atom stereocenters. The minimum absolute atomic E-state index is 0.265. The van der Waals surface area contributed by atoms with Crippen molar-refractivity contribution in [1.82, 2.24) is 30.4 Å². The van der Waals surface area contributed by atoms with Gasteiger partial charge in [-0.3, -0.25) is 15.2 Å². The van der Waals surface area contributed by atoms with Gasteiger partial charge in [-0.15, -0.1) is 0 Å². The maximum absolute atomic E-state index is 4.66. The zero-order valence-electron chi connectivity index (χ0n) is 15.7. The molecule has 7 heteroatoms. The van der Waals surface area contributed by atoms with Gasteiger partial charge in [-0.05, 0) is 38.0 Å². The summed E-state index contributed by atoms with van der Waals surface area (Å²) in [5, 5.41) is 19.0. The van der Waals surface area contributed by atoms with Crippen molar-refractivity contribution < 1.29 is 0 Å². The normalized spacial score (nSPS) is 11.4. The van der Waals surface area contributed by atoms with E-state index in [2.05, 4.69) is 68.6 Å². The van der Waals surface area contributed by atoms with E-state index in [9.17, 15) is 0 Å². The average molecular weight is 361 g/mol. The van der Waals surface area contributed by atoms with Crippen molar-refractivity contribution in [2.45, 2.75) is 39.7 Å². The van der Waals surface area contributed by atoms with E-state index in [0.29, 0.717) is 5.82 Å². The SMILES string of the molecule is CCCc1nc(-c2cnc3ccc(-c4cn[nH]c4)cc3c2NC(C)C)n[nH]1. The van der Waals surface area contributed by atoms with Gasteiger partial charge in [0.05, 0.1) is 23.0 Å². The summed E-state index contributed by atoms with van der Waals surface area (Å²) in [4.78, 5) is 9.30. The molecule has 4 aromatic rings. The van der Waals surface area contributed by atoms with Crippen molar-refractivity contribution in [3.8, 4) is 22.5 Å². The highest BCUT2D eigenvalue weighted by atomic mass is 15.2. The number of hydrogen-bond donors (Lipinski definition) is 3. The average Bonchev–Trinajstić information content (AvgIpc) is 3.34. The van der Waals surface area contributed by atoms with E-state index in [4.69, 9.17) is 0 Å². The van der Waals surface area contributed by atoms with E-state index in [0.717, 1.165) is 51.9 Å². The van der Waals surface area contributed by atoms with Crippen LogP contribution in [-0.2, 0) is 6.42 Å². The molecular weight excluding hydrogens is 338 g/mol. The Labute approximate surface area is 157 Å². The third-order valence-electron chi connectivity index (χ3n) is 4.39. The Morgan fingerprint density at radius 1 is 1.15 bits per heavy atom. The van der Waals surface area contributed by atoms with Crippen LogP contribution >= 0.6 is 0 Å². The second-order valence-electron chi connectivity index (χ2n) is 6.92. The summed E-state index contributed by atoms with van der Waals surface area (Å²) >= 11 is 0. The topological polar surface area (TPSA) is 95.2 Å². The second-order valence-corrected chi connectivity index (χ2v) is 6.92. The van der Waals surface area contributed by atoms with E-state index in [-0.39, 0.29) is 6.04 Å². The predicted molar refractivity (Wildman–Crippen MR) is 107 cm³/mol. The maximum atomic E-state index is 4.66. The van der Waals surface area contributed by atoms with Gasteiger partial charge in [0.1, 0.15) is 5.82 Å². The van der Waals surface area contributed by atoms with Crippen molar-refractivity contribution in [3.63, 3.8) is 0 Å². The Morgan fingerprint density at radius 3 is 2.78 bits per heavy atom. The van der Waals surface area contributed by atoms with Crippen LogP contribution in [0.2, 0.25) is 0 Å². The van der Waals surface area contributed by atoms with Crippen LogP contribution in [0.5, 0.6) is 0 Å². The fraction of sp³-hybridized carbons (Fsp3) is 0.300. The lowest BCUT2D eigenvalue weighted by Crippen LogP contribution is -2.11. The smallest absolute Gasteiger partial charge is 0.184 e. The maximum Gasteiger partial charge on any atom is 0.184 e. The number of rotatable bonds is 6. The van der Waals surface area contributed by atoms with Crippen LogP contribution in [0.1, 0.15) is 33.0 Å². The fourth-order valence-electron chi connectivity index (χ4n) is 3.16. The first-order valence-corrected chi connectivity index (χ1v) is 9.25. The van der Waals surface area contributed by atoms with Gasteiger partial charge in [0.25, 0.3) is 0 Å². The highest BCUT2D eigenvalue weighted by Crippen LogP contribution is 2.34. The summed E-state index contributed by atoms with van der Waals surface area (Å²) in [5.41, 5.74) is 4.96. The number of anilines is 1. The molecular formula is C20H23N7. The molecule has 3 N–H and O–H groups in total. The van der Waals surface area contributed by atoms with E-state index in [1.54, 1.807) is 0 Å². The first-order chi connectivity index (χ1) is 13.2. The molecule has 0 aliphatic heterocycles. The lowest BCUT2D eigenvalue weighted by molar-refractivity contribution is 0.841. The molecule has 0 aliphatic carbocycles. The van der Waals surface area contributed by atoms with Crippen LogP contribution in [0, 0.1) is 0 Å². The highest BCUT2D eigenvalue weighted by molar-refractivity contribution is 6.00. The van der Waals surface area contributed by atoms with Crippen molar-refractivity contribution in [3.05, 3.63) is 42.6 Å². The third kappa shape index (κ3) is 3.40. The molecule has 0 atom stereocenters. The number of hydrogen-bond acceptors (Lipinski definition) is 5. The molecule has 0 bridgehead atoms. The number of aromatic nitrogens is 6. The van der Waals surface area contributed by atoms with Gasteiger partial charge in [-0.2, -0.15) is 10.2 Å². The molecule has 1 aromatic carbocycles. The predicted octanol–water partition coefficient (Wildman–Crippen LogP) is 4.18. The zero-order valence-corrected chi connectivity index (χ0v) is 15.7. The second kappa shape index (κ2) is 7.19. The summed E-state index contributed by atoms with van der Waals surface area (Å²) in [7, 11) is 0. The summed E-state index contributed by atoms with van der Waals surface area (Å²) in [5.74, 6) is 1.57. The first-order valence-electron chi connectivity index (χ1n) is 9.25. The lowest BCUT2D eigenvalue weighted by atomic mass is 10.0. The summed E-state index contributed by atoms with van der Waals surface area (Å²) in [6.45, 7) is 6.37. The van der Waals surface area contributed by atoms with Crippen LogP contribution in [0.3, 0.4) is 0 Å². The molecule has 27 heavy (non-hydrogen) atoms. The molecule has 0 radical (unpaired) electrons. The van der Waals surface area contributed by atoms with E-state index < -0.39 is 0 Å². The van der Waals surface area contributed by atoms with Crippen molar-refractivity contribution in [1.29, 1.82) is 0 Å². The molecule has 0 saturated carbocycles. The van der Waals surface area contributed by atoms with Crippen LogP contribution in [0.25, 0.3) is 33.4 Å². The number of benzene rings is 1. The molecule has 0 spiro atoms. The van der Waals surface area contributed by atoms with Crippen LogP contribution in [0.4, 0.5) is 5.69 Å². The van der Waals surface area contributed by atoms with Crippen molar-refractivity contribution in [2.75, 3.05) is 5.32 Å². The fourth-order valence-corrected chi connectivity index (χ4v) is 3.16. The Morgan fingerprint density at radius 2 is 2.04 bits per heavy atom. The number of aryl methyl sites for hydroxylation is 1. The van der Waals surface area contributed by atoms with Crippen molar-refractivity contribution in [2.24, 2.45) is 0 Å². The molecule has 3 heterocycles. The van der Waals surface area contributed by atoms with Gasteiger partial charge >= 0.3 is 0 Å². The minimum atomic E-state index is 0.265. The van der Waals surface area contributed by atoms with Crippen molar-refractivity contribution >= 4 is 16.6 Å². The largest absolute Gasteiger partial charge is 0.382 e. The minimum Gasteiger partial charge on any atom is -0.382 e. The third-order valence-corrected chi connectivity index (χ3v) is 4.39. The molecule has 4 rings (SSSR count). The van der Waals surface area contributed by atoms with Gasteiger partial charge in [-0.1, -0.05) is 13.0 Å².